The van der Waals surface area contributed by atoms with E-state index in [4.69, 9.17) is 14.2 Å². The molecule has 0 aromatic heterocycles. The lowest BCUT2D eigenvalue weighted by Gasteiger charge is -2.35. The van der Waals surface area contributed by atoms with Gasteiger partial charge in [0, 0.05) is 31.2 Å². The molecule has 6 nitrogen and oxygen atoms in total. The fraction of sp³-hybridized carbons (Fsp3) is 0.409. The van der Waals surface area contributed by atoms with Crippen LogP contribution >= 0.6 is 0 Å². The first-order valence-electron chi connectivity index (χ1n) is 9.81. The van der Waals surface area contributed by atoms with Crippen molar-refractivity contribution in [3.63, 3.8) is 0 Å². The van der Waals surface area contributed by atoms with E-state index in [0.717, 1.165) is 26.3 Å². The zero-order valence-corrected chi connectivity index (χ0v) is 15.9. The van der Waals surface area contributed by atoms with Crippen LogP contribution in [0.4, 0.5) is 0 Å². The lowest BCUT2D eigenvalue weighted by molar-refractivity contribution is 0.0162. The monoisotopic (exact) mass is 382 g/mol. The molecule has 0 saturated carbocycles. The molecule has 4 rings (SSSR count). The van der Waals surface area contributed by atoms with Gasteiger partial charge in [0.05, 0.1) is 19.8 Å². The number of fused-ring (bicyclic) bond motifs is 1. The van der Waals surface area contributed by atoms with Crippen LogP contribution in [0.3, 0.4) is 0 Å². The Morgan fingerprint density at radius 3 is 2.50 bits per heavy atom. The van der Waals surface area contributed by atoms with Crippen LogP contribution < -0.4 is 14.8 Å². The van der Waals surface area contributed by atoms with Gasteiger partial charge in [0.15, 0.2) is 17.3 Å². The Morgan fingerprint density at radius 2 is 1.71 bits per heavy atom. The second kappa shape index (κ2) is 9.19. The van der Waals surface area contributed by atoms with Crippen LogP contribution in [0.5, 0.6) is 11.5 Å². The number of nitrogens with one attached hydrogen (secondary N) is 1. The first kappa shape index (κ1) is 18.9. The Kier molecular flexibility index (Phi) is 6.21. The fourth-order valence-electron chi connectivity index (χ4n) is 3.66. The molecule has 148 valence electrons. The summed E-state index contributed by atoms with van der Waals surface area (Å²) in [5, 5.41) is 3.36. The van der Waals surface area contributed by atoms with E-state index in [0.29, 0.717) is 36.8 Å². The summed E-state index contributed by atoms with van der Waals surface area (Å²) in [5.41, 5.74) is 1.89. The molecule has 2 aromatic carbocycles. The lowest BCUT2D eigenvalue weighted by atomic mass is 10.0. The molecule has 1 unspecified atom stereocenters. The quantitative estimate of drug-likeness (QED) is 0.742. The summed E-state index contributed by atoms with van der Waals surface area (Å²) in [6.45, 7) is 5.35. The maximum absolute atomic E-state index is 12.6. The number of Topliss-reactive ketones (excluding diaryl/α,β-unsaturated/α-hetero) is 1. The maximum Gasteiger partial charge on any atom is 0.176 e. The zero-order chi connectivity index (χ0) is 19.2. The SMILES string of the molecule is O=C(CNCC(c1ccccc1)N1CCOCC1)c1ccc2c(c1)OCCO2. The Hall–Kier alpha value is -2.41. The summed E-state index contributed by atoms with van der Waals surface area (Å²) >= 11 is 0. The molecule has 2 aromatic rings. The summed E-state index contributed by atoms with van der Waals surface area (Å²) in [5.74, 6) is 1.39. The highest BCUT2D eigenvalue weighted by Crippen LogP contribution is 2.30. The number of ketones is 1. The number of carbonyl (C=O) groups excluding carboxylic acids is 1. The van der Waals surface area contributed by atoms with Crippen LogP contribution in [0.15, 0.2) is 48.5 Å². The Morgan fingerprint density at radius 1 is 0.964 bits per heavy atom. The number of nitrogens with zero attached hydrogens (tertiary/aromatic N) is 1. The van der Waals surface area contributed by atoms with Crippen LogP contribution in [-0.2, 0) is 4.74 Å². The van der Waals surface area contributed by atoms with Gasteiger partial charge in [-0.25, -0.2) is 0 Å². The third kappa shape index (κ3) is 4.52. The first-order valence-corrected chi connectivity index (χ1v) is 9.81. The van der Waals surface area contributed by atoms with Crippen LogP contribution in [0.2, 0.25) is 0 Å². The third-order valence-corrected chi connectivity index (χ3v) is 5.16. The van der Waals surface area contributed by atoms with Crippen molar-refractivity contribution < 1.29 is 19.0 Å². The number of hydrogen-bond acceptors (Lipinski definition) is 6. The van der Waals surface area contributed by atoms with E-state index in [1.54, 1.807) is 12.1 Å². The summed E-state index contributed by atoms with van der Waals surface area (Å²) in [4.78, 5) is 15.0. The number of ether oxygens (including phenoxy) is 3. The van der Waals surface area contributed by atoms with Crippen molar-refractivity contribution in [1.82, 2.24) is 10.2 Å². The normalized spacial score (nSPS) is 17.9. The largest absolute Gasteiger partial charge is 0.486 e. The first-order chi connectivity index (χ1) is 13.8. The number of carbonyl (C=O) groups is 1. The van der Waals surface area contributed by atoms with E-state index in [9.17, 15) is 4.79 Å². The fourth-order valence-corrected chi connectivity index (χ4v) is 3.66. The Bertz CT molecular complexity index is 790. The molecule has 6 heteroatoms. The van der Waals surface area contributed by atoms with E-state index in [1.807, 2.05) is 12.1 Å². The molecule has 2 aliphatic rings. The Labute approximate surface area is 165 Å². The van der Waals surface area contributed by atoms with Crippen molar-refractivity contribution in [2.75, 3.05) is 52.6 Å². The average molecular weight is 382 g/mol. The van der Waals surface area contributed by atoms with Gasteiger partial charge < -0.3 is 19.5 Å². The van der Waals surface area contributed by atoms with Crippen LogP contribution in [-0.4, -0.2) is 63.3 Å². The summed E-state index contributed by atoms with van der Waals surface area (Å²) in [6, 6.07) is 16.0. The molecule has 2 heterocycles. The minimum Gasteiger partial charge on any atom is -0.486 e. The predicted octanol–water partition coefficient (Wildman–Crippen LogP) is 2.30. The zero-order valence-electron chi connectivity index (χ0n) is 15.9. The van der Waals surface area contributed by atoms with Gasteiger partial charge in [-0.1, -0.05) is 30.3 Å². The second-order valence-electron chi connectivity index (χ2n) is 6.99. The molecule has 0 radical (unpaired) electrons. The maximum atomic E-state index is 12.6. The molecule has 0 bridgehead atoms. The van der Waals surface area contributed by atoms with E-state index in [2.05, 4.69) is 34.5 Å². The van der Waals surface area contributed by atoms with Gasteiger partial charge in [0.1, 0.15) is 13.2 Å². The van der Waals surface area contributed by atoms with Crippen molar-refractivity contribution in [2.45, 2.75) is 6.04 Å². The molecular weight excluding hydrogens is 356 g/mol. The van der Waals surface area contributed by atoms with Crippen LogP contribution in [0.25, 0.3) is 0 Å². The van der Waals surface area contributed by atoms with Crippen LogP contribution in [0.1, 0.15) is 22.0 Å². The molecule has 1 atom stereocenters. The van der Waals surface area contributed by atoms with Gasteiger partial charge >= 0.3 is 0 Å². The average Bonchev–Trinajstić information content (AvgIpc) is 2.77. The second-order valence-corrected chi connectivity index (χ2v) is 6.99. The summed E-state index contributed by atoms with van der Waals surface area (Å²) < 4.78 is 16.6. The summed E-state index contributed by atoms with van der Waals surface area (Å²) in [6.07, 6.45) is 0. The van der Waals surface area contributed by atoms with Gasteiger partial charge in [-0.3, -0.25) is 9.69 Å². The number of hydrogen-bond donors (Lipinski definition) is 1. The van der Waals surface area contributed by atoms with Gasteiger partial charge in [0.25, 0.3) is 0 Å². The minimum atomic E-state index is 0.0470. The van der Waals surface area contributed by atoms with Crippen molar-refractivity contribution in [1.29, 1.82) is 0 Å². The van der Waals surface area contributed by atoms with E-state index in [-0.39, 0.29) is 18.4 Å². The van der Waals surface area contributed by atoms with Crippen molar-refractivity contribution >= 4 is 5.78 Å². The van der Waals surface area contributed by atoms with Gasteiger partial charge in [0.2, 0.25) is 0 Å². The van der Waals surface area contributed by atoms with Crippen molar-refractivity contribution in [3.8, 4) is 11.5 Å². The van der Waals surface area contributed by atoms with Gasteiger partial charge in [-0.15, -0.1) is 0 Å². The topological polar surface area (TPSA) is 60.0 Å². The number of morpholine rings is 1. The molecule has 0 spiro atoms. The number of rotatable bonds is 7. The standard InChI is InChI=1S/C22H26N2O4/c25-20(18-6-7-21-22(14-18)28-13-12-27-21)16-23-15-19(17-4-2-1-3-5-17)24-8-10-26-11-9-24/h1-7,14,19,23H,8-13,15-16H2. The van der Waals surface area contributed by atoms with Crippen molar-refractivity contribution in [3.05, 3.63) is 59.7 Å². The molecule has 1 N–H and O–H groups in total. The predicted molar refractivity (Wildman–Crippen MR) is 106 cm³/mol. The minimum absolute atomic E-state index is 0.0470. The molecular formula is C22H26N2O4. The van der Waals surface area contributed by atoms with E-state index >= 15 is 0 Å². The molecule has 0 aliphatic carbocycles. The molecule has 1 saturated heterocycles. The number of benzene rings is 2. The third-order valence-electron chi connectivity index (χ3n) is 5.16. The van der Waals surface area contributed by atoms with E-state index in [1.165, 1.54) is 5.56 Å². The Balaban J connectivity index is 1.38. The highest BCUT2D eigenvalue weighted by Gasteiger charge is 2.22. The smallest absolute Gasteiger partial charge is 0.176 e. The molecule has 2 aliphatic heterocycles. The lowest BCUT2D eigenvalue weighted by Crippen LogP contribution is -2.43. The highest BCUT2D eigenvalue weighted by molar-refractivity contribution is 5.98. The van der Waals surface area contributed by atoms with Crippen LogP contribution in [0, 0.1) is 0 Å². The van der Waals surface area contributed by atoms with E-state index < -0.39 is 0 Å². The summed E-state index contributed by atoms with van der Waals surface area (Å²) in [7, 11) is 0. The van der Waals surface area contributed by atoms with Gasteiger partial charge in [-0.2, -0.15) is 0 Å². The van der Waals surface area contributed by atoms with Gasteiger partial charge in [-0.05, 0) is 23.8 Å². The molecule has 0 amide bonds. The highest BCUT2D eigenvalue weighted by atomic mass is 16.6. The molecule has 1 fully saturated rings. The molecule has 28 heavy (non-hydrogen) atoms. The van der Waals surface area contributed by atoms with Crippen molar-refractivity contribution in [2.24, 2.45) is 0 Å².